The van der Waals surface area contributed by atoms with Crippen molar-refractivity contribution in [2.24, 2.45) is 0 Å². The Morgan fingerprint density at radius 1 is 1.25 bits per heavy atom. The van der Waals surface area contributed by atoms with Crippen molar-refractivity contribution in [1.82, 2.24) is 5.32 Å². The Bertz CT molecular complexity index is 271. The van der Waals surface area contributed by atoms with Gasteiger partial charge >= 0.3 is 12.1 Å². The molecule has 6 heteroatoms. The summed E-state index contributed by atoms with van der Waals surface area (Å²) in [4.78, 5) is 22.3. The molecule has 0 saturated carbocycles. The van der Waals surface area contributed by atoms with Crippen LogP contribution in [0.5, 0.6) is 0 Å². The summed E-state index contributed by atoms with van der Waals surface area (Å²) in [6.45, 7) is 8.11. The molecule has 1 unspecified atom stereocenters. The highest BCUT2D eigenvalue weighted by Crippen LogP contribution is 2.11. The van der Waals surface area contributed by atoms with Gasteiger partial charge in [-0.2, -0.15) is 0 Å². The molecule has 0 aromatic rings. The van der Waals surface area contributed by atoms with Crippen molar-refractivity contribution >= 4 is 12.1 Å². The Labute approximate surface area is 94.9 Å². The SMILES string of the molecule is CCOC(C)(NC(=O)OC(C)(C)C)C(=O)O. The Morgan fingerprint density at radius 2 is 1.75 bits per heavy atom. The number of alkyl carbamates (subject to hydrolysis) is 1. The van der Waals surface area contributed by atoms with E-state index in [9.17, 15) is 9.59 Å². The Morgan fingerprint density at radius 3 is 2.06 bits per heavy atom. The van der Waals surface area contributed by atoms with Crippen LogP contribution < -0.4 is 5.32 Å². The molecule has 2 N–H and O–H groups in total. The minimum atomic E-state index is -1.77. The fraction of sp³-hybridized carbons (Fsp3) is 0.800. The van der Waals surface area contributed by atoms with Crippen molar-refractivity contribution in [2.45, 2.75) is 45.9 Å². The monoisotopic (exact) mass is 233 g/mol. The number of aliphatic carboxylic acids is 1. The van der Waals surface area contributed by atoms with Crippen LogP contribution in [-0.2, 0) is 14.3 Å². The molecule has 0 aliphatic rings. The molecule has 0 fully saturated rings. The second-order valence-electron chi connectivity index (χ2n) is 4.40. The molecule has 0 aromatic carbocycles. The molecule has 0 aromatic heterocycles. The zero-order valence-electron chi connectivity index (χ0n) is 10.3. The molecule has 0 radical (unpaired) electrons. The van der Waals surface area contributed by atoms with Crippen molar-refractivity contribution in [3.8, 4) is 0 Å². The van der Waals surface area contributed by atoms with Crippen LogP contribution in [0.15, 0.2) is 0 Å². The molecule has 0 heterocycles. The molecule has 0 spiro atoms. The number of carboxylic acid groups (broad SMARTS) is 1. The van der Waals surface area contributed by atoms with Crippen molar-refractivity contribution in [2.75, 3.05) is 6.61 Å². The highest BCUT2D eigenvalue weighted by Gasteiger charge is 2.37. The maximum atomic E-state index is 11.4. The lowest BCUT2D eigenvalue weighted by molar-refractivity contribution is -0.167. The summed E-state index contributed by atoms with van der Waals surface area (Å²) in [6, 6.07) is 0. The fourth-order valence-electron chi connectivity index (χ4n) is 0.938. The molecular weight excluding hydrogens is 214 g/mol. The second kappa shape index (κ2) is 5.16. The first-order valence-electron chi connectivity index (χ1n) is 4.99. The van der Waals surface area contributed by atoms with Gasteiger partial charge in [-0.15, -0.1) is 0 Å². The van der Waals surface area contributed by atoms with Gasteiger partial charge in [0.15, 0.2) is 0 Å². The van der Waals surface area contributed by atoms with Crippen molar-refractivity contribution in [1.29, 1.82) is 0 Å². The van der Waals surface area contributed by atoms with Crippen molar-refractivity contribution in [3.05, 3.63) is 0 Å². The predicted molar refractivity (Wildman–Crippen MR) is 57.0 cm³/mol. The highest BCUT2D eigenvalue weighted by atomic mass is 16.6. The molecule has 0 aliphatic carbocycles. The largest absolute Gasteiger partial charge is 0.478 e. The third-order valence-electron chi connectivity index (χ3n) is 1.58. The van der Waals surface area contributed by atoms with E-state index in [0.29, 0.717) is 0 Å². The van der Waals surface area contributed by atoms with E-state index in [1.165, 1.54) is 6.92 Å². The van der Waals surface area contributed by atoms with Gasteiger partial charge in [0.1, 0.15) is 5.60 Å². The summed E-state index contributed by atoms with van der Waals surface area (Å²) in [5, 5.41) is 11.1. The molecule has 0 aliphatic heterocycles. The van der Waals surface area contributed by atoms with Gasteiger partial charge in [0.25, 0.3) is 0 Å². The fourth-order valence-corrected chi connectivity index (χ4v) is 0.938. The third kappa shape index (κ3) is 4.97. The quantitative estimate of drug-likeness (QED) is 0.716. The lowest BCUT2D eigenvalue weighted by atomic mass is 10.2. The molecule has 0 saturated heterocycles. The number of hydrogen-bond acceptors (Lipinski definition) is 4. The molecule has 6 nitrogen and oxygen atoms in total. The van der Waals surface area contributed by atoms with Gasteiger partial charge in [0, 0.05) is 6.61 Å². The summed E-state index contributed by atoms with van der Waals surface area (Å²) in [5.41, 5.74) is -2.45. The van der Waals surface area contributed by atoms with Gasteiger partial charge < -0.3 is 14.6 Å². The number of amides is 1. The van der Waals surface area contributed by atoms with Crippen LogP contribution in [0, 0.1) is 0 Å². The summed E-state index contributed by atoms with van der Waals surface area (Å²) in [7, 11) is 0. The van der Waals surface area contributed by atoms with Gasteiger partial charge in [-0.25, -0.2) is 9.59 Å². The smallest absolute Gasteiger partial charge is 0.410 e. The number of hydrogen-bond donors (Lipinski definition) is 2. The maximum absolute atomic E-state index is 11.4. The van der Waals surface area contributed by atoms with E-state index in [0.717, 1.165) is 0 Å². The topological polar surface area (TPSA) is 84.9 Å². The van der Waals surface area contributed by atoms with Crippen LogP contribution in [0.4, 0.5) is 4.79 Å². The number of carboxylic acids is 1. The van der Waals surface area contributed by atoms with E-state index in [4.69, 9.17) is 14.6 Å². The number of ether oxygens (including phenoxy) is 2. The Kier molecular flexibility index (Phi) is 4.74. The maximum Gasteiger partial charge on any atom is 0.410 e. The van der Waals surface area contributed by atoms with Crippen LogP contribution >= 0.6 is 0 Å². The molecular formula is C10H19NO5. The molecule has 1 atom stereocenters. The first-order chi connectivity index (χ1) is 7.10. The van der Waals surface area contributed by atoms with Crippen molar-refractivity contribution in [3.63, 3.8) is 0 Å². The normalized spacial score (nSPS) is 15.1. The van der Waals surface area contributed by atoms with Gasteiger partial charge in [-0.1, -0.05) is 0 Å². The zero-order valence-corrected chi connectivity index (χ0v) is 10.3. The molecule has 0 rings (SSSR count). The Hall–Kier alpha value is -1.30. The first kappa shape index (κ1) is 14.7. The lowest BCUT2D eigenvalue weighted by Crippen LogP contribution is -2.55. The van der Waals surface area contributed by atoms with Gasteiger partial charge in [0.05, 0.1) is 0 Å². The lowest BCUT2D eigenvalue weighted by Gasteiger charge is -2.27. The number of nitrogens with one attached hydrogen (secondary N) is 1. The predicted octanol–water partition coefficient (Wildman–Crippen LogP) is 1.35. The molecule has 1 amide bonds. The number of carbonyl (C=O) groups excluding carboxylic acids is 1. The average molecular weight is 233 g/mol. The third-order valence-corrected chi connectivity index (χ3v) is 1.58. The minimum absolute atomic E-state index is 0.165. The minimum Gasteiger partial charge on any atom is -0.478 e. The average Bonchev–Trinajstić information content (AvgIpc) is 1.99. The van der Waals surface area contributed by atoms with Crippen LogP contribution in [-0.4, -0.2) is 35.1 Å². The number of rotatable bonds is 4. The summed E-state index contributed by atoms with van der Waals surface area (Å²) < 4.78 is 9.90. The van der Waals surface area contributed by atoms with E-state index < -0.39 is 23.4 Å². The van der Waals surface area contributed by atoms with E-state index in [2.05, 4.69) is 5.32 Å². The highest BCUT2D eigenvalue weighted by molar-refractivity contribution is 5.82. The van der Waals surface area contributed by atoms with E-state index in [-0.39, 0.29) is 6.61 Å². The van der Waals surface area contributed by atoms with Crippen LogP contribution in [0.2, 0.25) is 0 Å². The second-order valence-corrected chi connectivity index (χ2v) is 4.40. The first-order valence-corrected chi connectivity index (χ1v) is 4.99. The van der Waals surface area contributed by atoms with E-state index >= 15 is 0 Å². The van der Waals surface area contributed by atoms with E-state index in [1.807, 2.05) is 0 Å². The summed E-state index contributed by atoms with van der Waals surface area (Å²) in [5.74, 6) is -1.28. The number of carbonyl (C=O) groups is 2. The van der Waals surface area contributed by atoms with E-state index in [1.54, 1.807) is 27.7 Å². The van der Waals surface area contributed by atoms with Crippen LogP contribution in [0.25, 0.3) is 0 Å². The summed E-state index contributed by atoms with van der Waals surface area (Å²) in [6.07, 6.45) is -0.828. The van der Waals surface area contributed by atoms with Gasteiger partial charge in [-0.05, 0) is 34.6 Å². The Balaban J connectivity index is 4.53. The summed E-state index contributed by atoms with van der Waals surface area (Å²) >= 11 is 0. The van der Waals surface area contributed by atoms with Gasteiger partial charge in [-0.3, -0.25) is 5.32 Å². The molecule has 94 valence electrons. The standard InChI is InChI=1S/C10H19NO5/c1-6-15-10(5,7(12)13)11-8(14)16-9(2,3)4/h6H2,1-5H3,(H,11,14)(H,12,13). The van der Waals surface area contributed by atoms with Crippen molar-refractivity contribution < 1.29 is 24.2 Å². The molecule has 0 bridgehead atoms. The van der Waals surface area contributed by atoms with Crippen LogP contribution in [0.1, 0.15) is 34.6 Å². The zero-order chi connectivity index (χ0) is 13.0. The molecule has 16 heavy (non-hydrogen) atoms. The van der Waals surface area contributed by atoms with Crippen LogP contribution in [0.3, 0.4) is 0 Å². The van der Waals surface area contributed by atoms with Gasteiger partial charge in [0.2, 0.25) is 5.72 Å².